The van der Waals surface area contributed by atoms with Crippen molar-refractivity contribution in [3.63, 3.8) is 0 Å². The van der Waals surface area contributed by atoms with Crippen LogP contribution in [0.15, 0.2) is 11.6 Å². The van der Waals surface area contributed by atoms with E-state index in [9.17, 15) is 0 Å². The Morgan fingerprint density at radius 2 is 2.12 bits per heavy atom. The Bertz CT molecular complexity index is 225. The Labute approximate surface area is 99.4 Å². The van der Waals surface area contributed by atoms with Gasteiger partial charge in [-0.1, -0.05) is 30.9 Å². The van der Waals surface area contributed by atoms with Crippen molar-refractivity contribution in [1.29, 1.82) is 0 Å². The highest BCUT2D eigenvalue weighted by Gasteiger charge is 2.15. The summed E-state index contributed by atoms with van der Waals surface area (Å²) >= 11 is 0. The molecule has 2 fully saturated rings. The van der Waals surface area contributed by atoms with Crippen molar-refractivity contribution in [3.8, 4) is 0 Å². The molecule has 1 N–H and O–H groups in total. The number of ether oxygens (including phenoxy) is 1. The maximum absolute atomic E-state index is 5.48. The van der Waals surface area contributed by atoms with Gasteiger partial charge in [-0.25, -0.2) is 0 Å². The van der Waals surface area contributed by atoms with E-state index in [4.69, 9.17) is 4.74 Å². The molecule has 1 saturated heterocycles. The summed E-state index contributed by atoms with van der Waals surface area (Å²) in [5, 5.41) is 3.52. The highest BCUT2D eigenvalue weighted by atomic mass is 16.5. The molecule has 0 aromatic carbocycles. The van der Waals surface area contributed by atoms with Crippen molar-refractivity contribution in [1.82, 2.24) is 5.32 Å². The third-order valence-corrected chi connectivity index (χ3v) is 3.74. The minimum atomic E-state index is 0.550. The first-order valence-corrected chi connectivity index (χ1v) is 6.83. The number of allylic oxidation sites excluding steroid dienone is 1. The van der Waals surface area contributed by atoms with Crippen molar-refractivity contribution in [2.45, 2.75) is 51.5 Å². The monoisotopic (exact) mass is 223 g/mol. The van der Waals surface area contributed by atoms with E-state index in [0.717, 1.165) is 32.1 Å². The normalized spacial score (nSPS) is 29.3. The second-order valence-electron chi connectivity index (χ2n) is 5.34. The van der Waals surface area contributed by atoms with Crippen LogP contribution in [0.2, 0.25) is 0 Å². The molecular weight excluding hydrogens is 198 g/mol. The molecule has 1 aliphatic carbocycles. The smallest absolute Gasteiger partial charge is 0.0623 e. The van der Waals surface area contributed by atoms with Crippen LogP contribution in [0.3, 0.4) is 0 Å². The van der Waals surface area contributed by atoms with Crippen molar-refractivity contribution >= 4 is 0 Å². The van der Waals surface area contributed by atoms with E-state index >= 15 is 0 Å². The van der Waals surface area contributed by atoms with Gasteiger partial charge in [-0.15, -0.1) is 0 Å². The first kappa shape index (κ1) is 12.1. The SMILES string of the molecule is CC(=CC1CCCCC1)CC1COCCN1. The van der Waals surface area contributed by atoms with Crippen LogP contribution in [-0.4, -0.2) is 25.8 Å². The predicted octanol–water partition coefficient (Wildman–Crippen LogP) is 2.89. The van der Waals surface area contributed by atoms with E-state index in [0.29, 0.717) is 6.04 Å². The first-order valence-electron chi connectivity index (χ1n) is 6.83. The van der Waals surface area contributed by atoms with Gasteiger partial charge in [0.1, 0.15) is 0 Å². The molecular formula is C14H25NO. The largest absolute Gasteiger partial charge is 0.379 e. The Hall–Kier alpha value is -0.340. The number of morpholine rings is 1. The molecule has 0 radical (unpaired) electrons. The lowest BCUT2D eigenvalue weighted by molar-refractivity contribution is 0.0769. The maximum Gasteiger partial charge on any atom is 0.0623 e. The standard InChI is InChI=1S/C14H25NO/c1-12(9-13-5-3-2-4-6-13)10-14-11-16-8-7-15-14/h9,13-15H,2-8,10-11H2,1H3. The molecule has 2 heteroatoms. The Morgan fingerprint density at radius 1 is 1.31 bits per heavy atom. The molecule has 92 valence electrons. The molecule has 1 unspecified atom stereocenters. The van der Waals surface area contributed by atoms with Crippen molar-refractivity contribution < 1.29 is 4.74 Å². The quantitative estimate of drug-likeness (QED) is 0.743. The zero-order valence-corrected chi connectivity index (χ0v) is 10.5. The highest BCUT2D eigenvalue weighted by molar-refractivity contribution is 5.04. The third-order valence-electron chi connectivity index (χ3n) is 3.74. The van der Waals surface area contributed by atoms with Crippen LogP contribution < -0.4 is 5.32 Å². The summed E-state index contributed by atoms with van der Waals surface area (Å²) in [4.78, 5) is 0. The molecule has 1 atom stereocenters. The summed E-state index contributed by atoms with van der Waals surface area (Å²) in [6.45, 7) is 5.06. The van der Waals surface area contributed by atoms with Crippen molar-refractivity contribution in [2.75, 3.05) is 19.8 Å². The summed E-state index contributed by atoms with van der Waals surface area (Å²) in [5.41, 5.74) is 1.55. The molecule has 16 heavy (non-hydrogen) atoms. The minimum absolute atomic E-state index is 0.550. The lowest BCUT2D eigenvalue weighted by Gasteiger charge is -2.25. The molecule has 2 nitrogen and oxygen atoms in total. The minimum Gasteiger partial charge on any atom is -0.379 e. The van der Waals surface area contributed by atoms with E-state index in [1.165, 1.54) is 32.1 Å². The lowest BCUT2D eigenvalue weighted by atomic mass is 9.87. The van der Waals surface area contributed by atoms with Crippen LogP contribution >= 0.6 is 0 Å². The van der Waals surface area contributed by atoms with E-state index in [1.807, 2.05) is 0 Å². The fourth-order valence-corrected chi connectivity index (χ4v) is 2.91. The maximum atomic E-state index is 5.48. The zero-order chi connectivity index (χ0) is 11.2. The molecule has 2 rings (SSSR count). The van der Waals surface area contributed by atoms with Gasteiger partial charge in [0.05, 0.1) is 13.2 Å². The second-order valence-corrected chi connectivity index (χ2v) is 5.34. The molecule has 0 aromatic rings. The van der Waals surface area contributed by atoms with Gasteiger partial charge in [0.25, 0.3) is 0 Å². The van der Waals surface area contributed by atoms with Crippen molar-refractivity contribution in [2.24, 2.45) is 5.92 Å². The summed E-state index contributed by atoms with van der Waals surface area (Å²) in [6, 6.07) is 0.550. The van der Waals surface area contributed by atoms with Gasteiger partial charge in [-0.05, 0) is 32.1 Å². The fourth-order valence-electron chi connectivity index (χ4n) is 2.91. The molecule has 0 bridgehead atoms. The van der Waals surface area contributed by atoms with E-state index in [-0.39, 0.29) is 0 Å². The van der Waals surface area contributed by atoms with Crippen LogP contribution in [0.4, 0.5) is 0 Å². The molecule has 1 saturated carbocycles. The van der Waals surface area contributed by atoms with Gasteiger partial charge >= 0.3 is 0 Å². The molecule has 0 aromatic heterocycles. The van der Waals surface area contributed by atoms with Crippen LogP contribution in [0.25, 0.3) is 0 Å². The second kappa shape index (κ2) is 6.41. The molecule has 2 aliphatic rings. The van der Waals surface area contributed by atoms with Crippen molar-refractivity contribution in [3.05, 3.63) is 11.6 Å². The van der Waals surface area contributed by atoms with E-state index in [1.54, 1.807) is 5.57 Å². The third kappa shape index (κ3) is 3.91. The highest BCUT2D eigenvalue weighted by Crippen LogP contribution is 2.26. The number of nitrogens with one attached hydrogen (secondary N) is 1. The molecule has 1 heterocycles. The number of hydrogen-bond donors (Lipinski definition) is 1. The first-order chi connectivity index (χ1) is 7.84. The van der Waals surface area contributed by atoms with Crippen LogP contribution in [0.1, 0.15) is 45.4 Å². The summed E-state index contributed by atoms with van der Waals surface area (Å²) < 4.78 is 5.48. The lowest BCUT2D eigenvalue weighted by Crippen LogP contribution is -2.41. The van der Waals surface area contributed by atoms with Gasteiger partial charge in [0, 0.05) is 12.6 Å². The van der Waals surface area contributed by atoms with Gasteiger partial charge in [0.2, 0.25) is 0 Å². The molecule has 0 spiro atoms. The number of rotatable bonds is 3. The van der Waals surface area contributed by atoms with E-state index in [2.05, 4.69) is 18.3 Å². The number of hydrogen-bond acceptors (Lipinski definition) is 2. The van der Waals surface area contributed by atoms with Gasteiger partial charge in [-0.2, -0.15) is 0 Å². The van der Waals surface area contributed by atoms with Gasteiger partial charge < -0.3 is 10.1 Å². The predicted molar refractivity (Wildman–Crippen MR) is 67.6 cm³/mol. The summed E-state index contributed by atoms with van der Waals surface area (Å²) in [7, 11) is 0. The zero-order valence-electron chi connectivity index (χ0n) is 10.5. The average Bonchev–Trinajstić information content (AvgIpc) is 2.31. The molecule has 0 amide bonds. The van der Waals surface area contributed by atoms with Gasteiger partial charge in [0.15, 0.2) is 0 Å². The Kier molecular flexibility index (Phi) is 4.86. The Balaban J connectivity index is 1.76. The average molecular weight is 223 g/mol. The molecule has 1 aliphatic heterocycles. The van der Waals surface area contributed by atoms with Crippen LogP contribution in [0.5, 0.6) is 0 Å². The van der Waals surface area contributed by atoms with Gasteiger partial charge in [-0.3, -0.25) is 0 Å². The Morgan fingerprint density at radius 3 is 2.81 bits per heavy atom. The van der Waals surface area contributed by atoms with E-state index < -0.39 is 0 Å². The van der Waals surface area contributed by atoms with Crippen LogP contribution in [0, 0.1) is 5.92 Å². The summed E-state index contributed by atoms with van der Waals surface area (Å²) in [6.07, 6.45) is 10.8. The van der Waals surface area contributed by atoms with Crippen LogP contribution in [-0.2, 0) is 4.74 Å². The topological polar surface area (TPSA) is 21.3 Å². The fraction of sp³-hybridized carbons (Fsp3) is 0.857. The summed E-state index contributed by atoms with van der Waals surface area (Å²) in [5.74, 6) is 0.859.